The van der Waals surface area contributed by atoms with Crippen molar-refractivity contribution in [1.82, 2.24) is 4.98 Å². The minimum Gasteiger partial charge on any atom is -0.493 e. The minimum atomic E-state index is -4.47. The Morgan fingerprint density at radius 2 is 1.89 bits per heavy atom. The highest BCUT2D eigenvalue weighted by molar-refractivity contribution is 5.99. The quantitative estimate of drug-likeness (QED) is 0.706. The fraction of sp³-hybridized carbons (Fsp3) is 0.158. The van der Waals surface area contributed by atoms with Gasteiger partial charge in [0, 0.05) is 17.3 Å². The third-order valence-corrected chi connectivity index (χ3v) is 3.96. The number of anilines is 2. The summed E-state index contributed by atoms with van der Waals surface area (Å²) in [7, 11) is 2.94. The van der Waals surface area contributed by atoms with E-state index in [-0.39, 0.29) is 11.3 Å². The van der Waals surface area contributed by atoms with Crippen LogP contribution in [-0.2, 0) is 6.18 Å². The molecule has 2 aromatic carbocycles. The van der Waals surface area contributed by atoms with Crippen LogP contribution in [0.25, 0.3) is 10.9 Å². The van der Waals surface area contributed by atoms with Gasteiger partial charge in [-0.15, -0.1) is 0 Å². The van der Waals surface area contributed by atoms with Gasteiger partial charge in [0.15, 0.2) is 11.5 Å². The lowest BCUT2D eigenvalue weighted by atomic mass is 10.1. The summed E-state index contributed by atoms with van der Waals surface area (Å²) < 4.78 is 49.5. The first-order valence-electron chi connectivity index (χ1n) is 7.77. The number of aromatic nitrogens is 1. The number of methoxy groups -OCH3 is 2. The first-order valence-corrected chi connectivity index (χ1v) is 7.77. The Morgan fingerprint density at radius 1 is 1.11 bits per heavy atom. The summed E-state index contributed by atoms with van der Waals surface area (Å²) in [6.45, 7) is 0. The van der Waals surface area contributed by atoms with Gasteiger partial charge in [-0.25, -0.2) is 0 Å². The molecule has 138 valence electrons. The van der Waals surface area contributed by atoms with E-state index in [4.69, 9.17) is 9.47 Å². The maximum absolute atomic E-state index is 13.0. The number of nitrogens with zero attached hydrogens (tertiary/aromatic N) is 2. The van der Waals surface area contributed by atoms with Crippen LogP contribution in [0.1, 0.15) is 11.1 Å². The molecule has 0 unspecified atom stereocenters. The number of benzene rings is 2. The number of ether oxygens (including phenoxy) is 2. The molecule has 3 rings (SSSR count). The Kier molecular flexibility index (Phi) is 4.77. The van der Waals surface area contributed by atoms with E-state index >= 15 is 0 Å². The van der Waals surface area contributed by atoms with Gasteiger partial charge in [-0.1, -0.05) is 6.07 Å². The van der Waals surface area contributed by atoms with Gasteiger partial charge in [-0.2, -0.15) is 18.4 Å². The van der Waals surface area contributed by atoms with Gasteiger partial charge in [-0.3, -0.25) is 4.98 Å². The highest BCUT2D eigenvalue weighted by atomic mass is 19.4. The van der Waals surface area contributed by atoms with E-state index in [2.05, 4.69) is 10.3 Å². The van der Waals surface area contributed by atoms with Crippen LogP contribution >= 0.6 is 0 Å². The van der Waals surface area contributed by atoms with Crippen molar-refractivity contribution >= 4 is 22.3 Å². The SMILES string of the molecule is COc1ccc2c(Nc3cccc(C(F)(F)F)c3)c(C#N)cnc2c1OC. The molecule has 0 aliphatic heterocycles. The van der Waals surface area contributed by atoms with E-state index in [9.17, 15) is 18.4 Å². The monoisotopic (exact) mass is 373 g/mol. The molecular formula is C19H14F3N3O2. The Labute approximate surface area is 153 Å². The molecule has 1 aromatic heterocycles. The van der Waals surface area contributed by atoms with Crippen LogP contribution in [0.2, 0.25) is 0 Å². The molecule has 1 heterocycles. The molecule has 0 bridgehead atoms. The first-order chi connectivity index (χ1) is 12.9. The van der Waals surface area contributed by atoms with Crippen molar-refractivity contribution in [3.63, 3.8) is 0 Å². The average Bonchev–Trinajstić information content (AvgIpc) is 2.66. The van der Waals surface area contributed by atoms with E-state index in [0.29, 0.717) is 28.1 Å². The number of pyridine rings is 1. The minimum absolute atomic E-state index is 0.187. The number of rotatable bonds is 4. The van der Waals surface area contributed by atoms with E-state index in [0.717, 1.165) is 12.1 Å². The van der Waals surface area contributed by atoms with Gasteiger partial charge in [0.25, 0.3) is 0 Å². The highest BCUT2D eigenvalue weighted by Gasteiger charge is 2.30. The zero-order chi connectivity index (χ0) is 19.6. The number of hydrogen-bond donors (Lipinski definition) is 1. The van der Waals surface area contributed by atoms with Gasteiger partial charge >= 0.3 is 6.18 Å². The lowest BCUT2D eigenvalue weighted by Crippen LogP contribution is -2.05. The normalized spacial score (nSPS) is 11.1. The Hall–Kier alpha value is -3.47. The zero-order valence-electron chi connectivity index (χ0n) is 14.4. The number of nitrogens with one attached hydrogen (secondary N) is 1. The van der Waals surface area contributed by atoms with E-state index in [1.807, 2.05) is 6.07 Å². The molecule has 5 nitrogen and oxygen atoms in total. The molecule has 0 atom stereocenters. The van der Waals surface area contributed by atoms with Crippen molar-refractivity contribution in [2.24, 2.45) is 0 Å². The van der Waals surface area contributed by atoms with Crippen molar-refractivity contribution in [3.8, 4) is 17.6 Å². The summed E-state index contributed by atoms with van der Waals surface area (Å²) in [6.07, 6.45) is -3.13. The topological polar surface area (TPSA) is 67.2 Å². The molecular weight excluding hydrogens is 359 g/mol. The van der Waals surface area contributed by atoms with Crippen LogP contribution in [0.15, 0.2) is 42.6 Å². The summed E-state index contributed by atoms with van der Waals surface area (Å²) in [5.41, 5.74) is 0.354. The van der Waals surface area contributed by atoms with Crippen LogP contribution in [0.5, 0.6) is 11.5 Å². The van der Waals surface area contributed by atoms with Crippen LogP contribution in [0.4, 0.5) is 24.5 Å². The van der Waals surface area contributed by atoms with Crippen molar-refractivity contribution in [3.05, 3.63) is 53.7 Å². The van der Waals surface area contributed by atoms with Crippen molar-refractivity contribution < 1.29 is 22.6 Å². The Bertz CT molecular complexity index is 1040. The summed E-state index contributed by atoms with van der Waals surface area (Å²) in [4.78, 5) is 4.24. The largest absolute Gasteiger partial charge is 0.493 e. The van der Waals surface area contributed by atoms with Crippen LogP contribution in [0, 0.1) is 11.3 Å². The third-order valence-electron chi connectivity index (χ3n) is 3.96. The molecule has 0 fully saturated rings. The van der Waals surface area contributed by atoms with Crippen LogP contribution in [-0.4, -0.2) is 19.2 Å². The molecule has 0 aliphatic rings. The summed E-state index contributed by atoms with van der Waals surface area (Å²) >= 11 is 0. The number of fused-ring (bicyclic) bond motifs is 1. The second kappa shape index (κ2) is 7.03. The maximum atomic E-state index is 13.0. The first kappa shape index (κ1) is 18.3. The van der Waals surface area contributed by atoms with Crippen LogP contribution < -0.4 is 14.8 Å². The van der Waals surface area contributed by atoms with Gasteiger partial charge < -0.3 is 14.8 Å². The highest BCUT2D eigenvalue weighted by Crippen LogP contribution is 2.39. The van der Waals surface area contributed by atoms with Gasteiger partial charge in [0.05, 0.1) is 31.0 Å². The van der Waals surface area contributed by atoms with Crippen molar-refractivity contribution in [1.29, 1.82) is 5.26 Å². The third kappa shape index (κ3) is 3.44. The molecule has 3 aromatic rings. The molecule has 0 radical (unpaired) electrons. The summed E-state index contributed by atoms with van der Waals surface area (Å²) in [5, 5.41) is 12.8. The summed E-state index contributed by atoms with van der Waals surface area (Å²) in [6, 6.07) is 10.1. The van der Waals surface area contributed by atoms with Crippen LogP contribution in [0.3, 0.4) is 0 Å². The van der Waals surface area contributed by atoms with Gasteiger partial charge in [0.2, 0.25) is 0 Å². The van der Waals surface area contributed by atoms with E-state index in [1.54, 1.807) is 12.1 Å². The smallest absolute Gasteiger partial charge is 0.416 e. The number of halogens is 3. The number of alkyl halides is 3. The fourth-order valence-electron chi connectivity index (χ4n) is 2.72. The second-order valence-corrected chi connectivity index (χ2v) is 5.56. The molecule has 0 saturated heterocycles. The zero-order valence-corrected chi connectivity index (χ0v) is 14.4. The molecule has 27 heavy (non-hydrogen) atoms. The standard InChI is InChI=1S/C19H14F3N3O2/c1-26-15-7-6-14-16(11(9-23)10-24-17(14)18(15)27-2)25-13-5-3-4-12(8-13)19(20,21)22/h3-8,10H,1-2H3,(H,24,25). The van der Waals surface area contributed by atoms with Gasteiger partial charge in [0.1, 0.15) is 11.6 Å². The Balaban J connectivity index is 2.18. The maximum Gasteiger partial charge on any atom is 0.416 e. The predicted molar refractivity (Wildman–Crippen MR) is 94.3 cm³/mol. The molecule has 1 N–H and O–H groups in total. The summed E-state index contributed by atoms with van der Waals surface area (Å²) in [5.74, 6) is 0.818. The Morgan fingerprint density at radius 3 is 2.52 bits per heavy atom. The lowest BCUT2D eigenvalue weighted by molar-refractivity contribution is -0.137. The molecule has 8 heteroatoms. The predicted octanol–water partition coefficient (Wildman–Crippen LogP) is 4.89. The van der Waals surface area contributed by atoms with Crippen molar-refractivity contribution in [2.75, 3.05) is 19.5 Å². The second-order valence-electron chi connectivity index (χ2n) is 5.56. The molecule has 0 aliphatic carbocycles. The fourth-order valence-corrected chi connectivity index (χ4v) is 2.72. The van der Waals surface area contributed by atoms with E-state index < -0.39 is 11.7 Å². The van der Waals surface area contributed by atoms with E-state index in [1.165, 1.54) is 32.5 Å². The lowest BCUT2D eigenvalue weighted by Gasteiger charge is -2.15. The number of hydrogen-bond acceptors (Lipinski definition) is 5. The molecule has 0 saturated carbocycles. The molecule has 0 amide bonds. The van der Waals surface area contributed by atoms with Gasteiger partial charge in [-0.05, 0) is 30.3 Å². The molecule has 0 spiro atoms. The number of nitriles is 1. The average molecular weight is 373 g/mol. The van der Waals surface area contributed by atoms with Crippen molar-refractivity contribution in [2.45, 2.75) is 6.18 Å².